The Balaban J connectivity index is 0. The van der Waals surface area contributed by atoms with E-state index < -0.39 is 0 Å². The second-order valence-corrected chi connectivity index (χ2v) is 4.33. The first kappa shape index (κ1) is 21.0. The van der Waals surface area contributed by atoms with Crippen molar-refractivity contribution < 1.29 is 4.39 Å². The van der Waals surface area contributed by atoms with Gasteiger partial charge in [-0.05, 0) is 50.2 Å². The van der Waals surface area contributed by atoms with Gasteiger partial charge in [-0.3, -0.25) is 0 Å². The summed E-state index contributed by atoms with van der Waals surface area (Å²) in [5.74, 6) is -0.205. The largest absolute Gasteiger partial charge is 0.324 e. The number of hydrogen-bond donors (Lipinski definition) is 1. The monoisotopic (exact) mass is 310 g/mol. The Kier molecular flexibility index (Phi) is 12.7. The van der Waals surface area contributed by atoms with Crippen molar-refractivity contribution >= 4 is 24.8 Å². The van der Waals surface area contributed by atoms with E-state index in [4.69, 9.17) is 5.73 Å². The van der Waals surface area contributed by atoms with Crippen LogP contribution in [-0.2, 0) is 0 Å². The number of benzene rings is 1. The van der Waals surface area contributed by atoms with Gasteiger partial charge in [0.05, 0.1) is 0 Å². The molecule has 5 heteroatoms. The molecule has 2 nitrogen and oxygen atoms in total. The highest BCUT2D eigenvalue weighted by atomic mass is 35.5. The van der Waals surface area contributed by atoms with Crippen LogP contribution in [0.1, 0.15) is 38.3 Å². The molecule has 1 aromatic carbocycles. The molecular formula is C14H25Cl2FN2. The molecule has 1 atom stereocenters. The van der Waals surface area contributed by atoms with Crippen molar-refractivity contribution in [3.05, 3.63) is 35.6 Å². The van der Waals surface area contributed by atoms with Crippen LogP contribution in [0.5, 0.6) is 0 Å². The Hall–Kier alpha value is -0.350. The third kappa shape index (κ3) is 7.73. The van der Waals surface area contributed by atoms with E-state index in [1.165, 1.54) is 12.1 Å². The molecule has 0 radical (unpaired) electrons. The van der Waals surface area contributed by atoms with E-state index >= 15 is 0 Å². The summed E-state index contributed by atoms with van der Waals surface area (Å²) in [4.78, 5) is 2.39. The van der Waals surface area contributed by atoms with E-state index in [1.54, 1.807) is 12.1 Å². The molecule has 1 unspecified atom stereocenters. The summed E-state index contributed by atoms with van der Waals surface area (Å²) >= 11 is 0. The maximum Gasteiger partial charge on any atom is 0.123 e. The second-order valence-electron chi connectivity index (χ2n) is 4.33. The van der Waals surface area contributed by atoms with Gasteiger partial charge < -0.3 is 10.6 Å². The van der Waals surface area contributed by atoms with Crippen LogP contribution < -0.4 is 5.73 Å². The summed E-state index contributed by atoms with van der Waals surface area (Å²) < 4.78 is 12.8. The Morgan fingerprint density at radius 2 is 1.63 bits per heavy atom. The van der Waals surface area contributed by atoms with Crippen LogP contribution in [0.4, 0.5) is 4.39 Å². The summed E-state index contributed by atoms with van der Waals surface area (Å²) in [6.45, 7) is 7.60. The highest BCUT2D eigenvalue weighted by molar-refractivity contribution is 5.85. The Morgan fingerprint density at radius 3 is 2.11 bits per heavy atom. The minimum absolute atomic E-state index is 0. The van der Waals surface area contributed by atoms with Gasteiger partial charge in [0, 0.05) is 6.04 Å². The molecule has 0 aromatic heterocycles. The SMILES string of the molecule is CCN(CC)CCCC(N)c1ccc(F)cc1.Cl.Cl. The molecule has 0 aliphatic carbocycles. The highest BCUT2D eigenvalue weighted by Gasteiger charge is 2.07. The topological polar surface area (TPSA) is 29.3 Å². The molecule has 0 spiro atoms. The second kappa shape index (κ2) is 11.5. The molecule has 1 aromatic rings. The zero-order valence-corrected chi connectivity index (χ0v) is 13.3. The molecule has 0 saturated carbocycles. The number of nitrogens with zero attached hydrogens (tertiary/aromatic N) is 1. The molecular weight excluding hydrogens is 286 g/mol. The zero-order chi connectivity index (χ0) is 12.7. The number of rotatable bonds is 7. The molecule has 1 rings (SSSR count). The van der Waals surface area contributed by atoms with Crippen molar-refractivity contribution in [3.63, 3.8) is 0 Å². The van der Waals surface area contributed by atoms with E-state index in [-0.39, 0.29) is 36.7 Å². The van der Waals surface area contributed by atoms with Crippen LogP contribution in [0, 0.1) is 5.82 Å². The third-order valence-corrected chi connectivity index (χ3v) is 3.18. The van der Waals surface area contributed by atoms with Gasteiger partial charge in [-0.1, -0.05) is 26.0 Å². The Bertz CT molecular complexity index is 316. The van der Waals surface area contributed by atoms with Crippen LogP contribution in [0.15, 0.2) is 24.3 Å². The average Bonchev–Trinajstić information content (AvgIpc) is 2.35. The third-order valence-electron chi connectivity index (χ3n) is 3.18. The summed E-state index contributed by atoms with van der Waals surface area (Å²) in [7, 11) is 0. The molecule has 0 aliphatic heterocycles. The molecule has 19 heavy (non-hydrogen) atoms. The van der Waals surface area contributed by atoms with Crippen LogP contribution in [0.2, 0.25) is 0 Å². The van der Waals surface area contributed by atoms with Crippen molar-refractivity contribution in [2.45, 2.75) is 32.7 Å². The van der Waals surface area contributed by atoms with Crippen molar-refractivity contribution in [3.8, 4) is 0 Å². The van der Waals surface area contributed by atoms with Crippen molar-refractivity contribution in [1.29, 1.82) is 0 Å². The van der Waals surface area contributed by atoms with Gasteiger partial charge >= 0.3 is 0 Å². The van der Waals surface area contributed by atoms with Gasteiger partial charge in [-0.15, -0.1) is 24.8 Å². The van der Waals surface area contributed by atoms with Crippen molar-refractivity contribution in [1.82, 2.24) is 4.90 Å². The van der Waals surface area contributed by atoms with Crippen LogP contribution in [0.25, 0.3) is 0 Å². The van der Waals surface area contributed by atoms with Crippen molar-refractivity contribution in [2.75, 3.05) is 19.6 Å². The first-order valence-corrected chi connectivity index (χ1v) is 6.40. The van der Waals surface area contributed by atoms with Gasteiger partial charge in [0.2, 0.25) is 0 Å². The fraction of sp³-hybridized carbons (Fsp3) is 0.571. The lowest BCUT2D eigenvalue weighted by Gasteiger charge is -2.19. The Labute approximate surface area is 128 Å². The Morgan fingerprint density at radius 1 is 1.11 bits per heavy atom. The van der Waals surface area contributed by atoms with Crippen molar-refractivity contribution in [2.24, 2.45) is 5.73 Å². The zero-order valence-electron chi connectivity index (χ0n) is 11.6. The maximum absolute atomic E-state index is 12.8. The summed E-state index contributed by atoms with van der Waals surface area (Å²) in [6.07, 6.45) is 2.03. The molecule has 0 aliphatic rings. The lowest BCUT2D eigenvalue weighted by molar-refractivity contribution is 0.293. The van der Waals surface area contributed by atoms with Crippen LogP contribution >= 0.6 is 24.8 Å². The molecule has 0 fully saturated rings. The summed E-state index contributed by atoms with van der Waals surface area (Å²) in [6, 6.07) is 6.51. The molecule has 112 valence electrons. The van der Waals surface area contributed by atoms with Gasteiger partial charge in [-0.2, -0.15) is 0 Å². The molecule has 0 amide bonds. The quantitative estimate of drug-likeness (QED) is 0.830. The van der Waals surface area contributed by atoms with E-state index in [0.29, 0.717) is 0 Å². The van der Waals surface area contributed by atoms with E-state index in [0.717, 1.165) is 38.0 Å². The van der Waals surface area contributed by atoms with Gasteiger partial charge in [0.1, 0.15) is 5.82 Å². The van der Waals surface area contributed by atoms with E-state index in [2.05, 4.69) is 18.7 Å². The van der Waals surface area contributed by atoms with Gasteiger partial charge in [0.25, 0.3) is 0 Å². The molecule has 0 bridgehead atoms. The minimum atomic E-state index is -0.205. The fourth-order valence-electron chi connectivity index (χ4n) is 1.95. The summed E-state index contributed by atoms with van der Waals surface area (Å²) in [5.41, 5.74) is 7.09. The molecule has 0 heterocycles. The molecule has 0 saturated heterocycles. The minimum Gasteiger partial charge on any atom is -0.324 e. The standard InChI is InChI=1S/C14H23FN2.2ClH/c1-3-17(4-2)11-5-6-14(16)12-7-9-13(15)10-8-12;;/h7-10,14H,3-6,11,16H2,1-2H3;2*1H. The fourth-order valence-corrected chi connectivity index (χ4v) is 1.95. The predicted octanol–water partition coefficient (Wildman–Crippen LogP) is 3.79. The predicted molar refractivity (Wildman–Crippen MR) is 84.8 cm³/mol. The number of nitrogens with two attached hydrogens (primary N) is 1. The maximum atomic E-state index is 12.8. The first-order valence-electron chi connectivity index (χ1n) is 6.40. The van der Waals surface area contributed by atoms with Crippen LogP contribution in [0.3, 0.4) is 0 Å². The van der Waals surface area contributed by atoms with E-state index in [9.17, 15) is 4.39 Å². The molecule has 2 N–H and O–H groups in total. The van der Waals surface area contributed by atoms with Gasteiger partial charge in [-0.25, -0.2) is 4.39 Å². The number of hydrogen-bond acceptors (Lipinski definition) is 2. The summed E-state index contributed by atoms with van der Waals surface area (Å²) in [5, 5.41) is 0. The highest BCUT2D eigenvalue weighted by Crippen LogP contribution is 2.16. The average molecular weight is 311 g/mol. The smallest absolute Gasteiger partial charge is 0.123 e. The lowest BCUT2D eigenvalue weighted by atomic mass is 10.0. The lowest BCUT2D eigenvalue weighted by Crippen LogP contribution is -2.24. The van der Waals surface area contributed by atoms with Crippen LogP contribution in [-0.4, -0.2) is 24.5 Å². The van der Waals surface area contributed by atoms with Gasteiger partial charge in [0.15, 0.2) is 0 Å². The first-order chi connectivity index (χ1) is 8.17. The normalized spacial score (nSPS) is 11.6. The van der Waals surface area contributed by atoms with E-state index in [1.807, 2.05) is 0 Å². The number of halogens is 3.